The first-order chi connectivity index (χ1) is 9.33. The van der Waals surface area contributed by atoms with E-state index < -0.39 is 10.0 Å². The number of furan rings is 1. The van der Waals surface area contributed by atoms with Gasteiger partial charge in [0.2, 0.25) is 10.0 Å². The predicted molar refractivity (Wildman–Crippen MR) is 88.4 cm³/mol. The second-order valence-electron chi connectivity index (χ2n) is 4.46. The minimum Gasteiger partial charge on any atom is -0.454 e. The molecule has 1 aromatic carbocycles. The van der Waals surface area contributed by atoms with E-state index in [1.807, 2.05) is 31.2 Å². The highest BCUT2D eigenvalue weighted by molar-refractivity contribution is 14.1. The third kappa shape index (κ3) is 4.41. The zero-order valence-electron chi connectivity index (χ0n) is 11.1. The molecule has 0 saturated heterocycles. The maximum atomic E-state index is 11.2. The summed E-state index contributed by atoms with van der Waals surface area (Å²) in [4.78, 5) is 0. The summed E-state index contributed by atoms with van der Waals surface area (Å²) in [5.41, 5.74) is 2.35. The molecule has 1 aromatic heterocycles. The molecule has 0 spiro atoms. The Hall–Kier alpha value is -1.22. The average molecular weight is 406 g/mol. The number of hydrogen-bond acceptors (Lipinski definition) is 4. The molecule has 0 atom stereocenters. The Morgan fingerprint density at radius 3 is 2.55 bits per heavy atom. The molecule has 0 aliphatic carbocycles. The number of anilines is 2. The first kappa shape index (κ1) is 15.2. The van der Waals surface area contributed by atoms with Crippen LogP contribution in [0.15, 0.2) is 34.7 Å². The monoisotopic (exact) mass is 406 g/mol. The first-order valence-corrected chi connectivity index (χ1v) is 8.87. The van der Waals surface area contributed by atoms with Crippen molar-refractivity contribution in [3.63, 3.8) is 0 Å². The van der Waals surface area contributed by atoms with Crippen molar-refractivity contribution in [2.24, 2.45) is 0 Å². The Bertz CT molecular complexity index is 710. The summed E-state index contributed by atoms with van der Waals surface area (Å²) < 4.78 is 31.2. The summed E-state index contributed by atoms with van der Waals surface area (Å²) in [6.07, 6.45) is 1.14. The minimum absolute atomic E-state index is 0.585. The molecule has 0 aliphatic rings. The van der Waals surface area contributed by atoms with Crippen molar-refractivity contribution < 1.29 is 12.8 Å². The van der Waals surface area contributed by atoms with E-state index in [-0.39, 0.29) is 0 Å². The molecule has 2 N–H and O–H groups in total. The van der Waals surface area contributed by atoms with E-state index in [0.29, 0.717) is 12.2 Å². The quantitative estimate of drug-likeness (QED) is 0.749. The van der Waals surface area contributed by atoms with Gasteiger partial charge in [0, 0.05) is 5.69 Å². The van der Waals surface area contributed by atoms with Gasteiger partial charge in [0.15, 0.2) is 3.77 Å². The normalized spacial score (nSPS) is 11.3. The lowest BCUT2D eigenvalue weighted by molar-refractivity contribution is 0.493. The van der Waals surface area contributed by atoms with Gasteiger partial charge in [-0.2, -0.15) is 0 Å². The van der Waals surface area contributed by atoms with Crippen LogP contribution in [0.3, 0.4) is 0 Å². The molecule has 0 fully saturated rings. The van der Waals surface area contributed by atoms with Crippen molar-refractivity contribution in [3.8, 4) is 0 Å². The molecule has 0 saturated carbocycles. The Morgan fingerprint density at radius 2 is 2.00 bits per heavy atom. The summed E-state index contributed by atoms with van der Waals surface area (Å²) in [5, 5.41) is 3.23. The van der Waals surface area contributed by atoms with Crippen LogP contribution < -0.4 is 10.0 Å². The lowest BCUT2D eigenvalue weighted by Crippen LogP contribution is -2.10. The van der Waals surface area contributed by atoms with Crippen LogP contribution in [0.5, 0.6) is 0 Å². The number of aryl methyl sites for hydroxylation is 1. The van der Waals surface area contributed by atoms with Gasteiger partial charge in [-0.3, -0.25) is 4.72 Å². The summed E-state index contributed by atoms with van der Waals surface area (Å²) >= 11 is 2.12. The first-order valence-electron chi connectivity index (χ1n) is 5.90. The van der Waals surface area contributed by atoms with E-state index in [9.17, 15) is 8.42 Å². The van der Waals surface area contributed by atoms with Gasteiger partial charge in [-0.15, -0.1) is 0 Å². The number of halogens is 1. The second kappa shape index (κ2) is 6.04. The molecule has 5 nitrogen and oxygen atoms in total. The maximum Gasteiger partial charge on any atom is 0.229 e. The minimum atomic E-state index is -3.25. The fraction of sp³-hybridized carbons (Fsp3) is 0.231. The molecular weight excluding hydrogens is 391 g/mol. The van der Waals surface area contributed by atoms with Gasteiger partial charge in [0.1, 0.15) is 5.76 Å². The third-order valence-corrected chi connectivity index (χ3v) is 3.79. The molecule has 0 bridgehead atoms. The van der Waals surface area contributed by atoms with Crippen LogP contribution >= 0.6 is 22.6 Å². The smallest absolute Gasteiger partial charge is 0.229 e. The number of rotatable bonds is 5. The summed E-state index contributed by atoms with van der Waals surface area (Å²) in [5.74, 6) is 0.852. The molecule has 2 rings (SSSR count). The Morgan fingerprint density at radius 1 is 1.25 bits per heavy atom. The third-order valence-electron chi connectivity index (χ3n) is 2.62. The second-order valence-corrected chi connectivity index (χ2v) is 7.27. The largest absolute Gasteiger partial charge is 0.454 e. The highest BCUT2D eigenvalue weighted by atomic mass is 127. The molecule has 1 heterocycles. The van der Waals surface area contributed by atoms with Crippen molar-refractivity contribution in [1.29, 1.82) is 0 Å². The molecule has 108 valence electrons. The van der Waals surface area contributed by atoms with E-state index in [1.54, 1.807) is 6.07 Å². The van der Waals surface area contributed by atoms with Gasteiger partial charge in [0.25, 0.3) is 0 Å². The summed E-state index contributed by atoms with van der Waals surface area (Å²) in [6.45, 7) is 2.44. The van der Waals surface area contributed by atoms with Gasteiger partial charge in [-0.05, 0) is 65.4 Å². The van der Waals surface area contributed by atoms with Crippen molar-refractivity contribution in [3.05, 3.63) is 45.4 Å². The molecular formula is C13H15IN2O3S. The number of sulfonamides is 1. The van der Waals surface area contributed by atoms with Crippen molar-refractivity contribution in [1.82, 2.24) is 0 Å². The van der Waals surface area contributed by atoms with Gasteiger partial charge in [-0.25, -0.2) is 8.42 Å². The standard InChI is InChI=1S/C13H15IN2O3S/c1-9-7-10(3-5-12(9)16-20(2,17)18)15-8-11-4-6-13(14)19-11/h3-7,15-16H,8H2,1-2H3. The molecule has 0 unspecified atom stereocenters. The molecule has 20 heavy (non-hydrogen) atoms. The molecule has 0 amide bonds. The highest BCUT2D eigenvalue weighted by Crippen LogP contribution is 2.21. The van der Waals surface area contributed by atoms with Crippen LogP contribution in [-0.4, -0.2) is 14.7 Å². The van der Waals surface area contributed by atoms with E-state index >= 15 is 0 Å². The van der Waals surface area contributed by atoms with Crippen LogP contribution in [-0.2, 0) is 16.6 Å². The Kier molecular flexibility index (Phi) is 4.59. The van der Waals surface area contributed by atoms with Crippen molar-refractivity contribution in [2.45, 2.75) is 13.5 Å². The van der Waals surface area contributed by atoms with Crippen LogP contribution in [0, 0.1) is 10.7 Å². The van der Waals surface area contributed by atoms with Gasteiger partial charge in [0.05, 0.1) is 18.5 Å². The topological polar surface area (TPSA) is 71.3 Å². The lowest BCUT2D eigenvalue weighted by atomic mass is 10.2. The zero-order chi connectivity index (χ0) is 14.8. The van der Waals surface area contributed by atoms with E-state index in [2.05, 4.69) is 32.6 Å². The zero-order valence-corrected chi connectivity index (χ0v) is 14.1. The van der Waals surface area contributed by atoms with E-state index in [4.69, 9.17) is 4.42 Å². The number of benzene rings is 1. The van der Waals surface area contributed by atoms with Crippen LogP contribution in [0.2, 0.25) is 0 Å². The van der Waals surface area contributed by atoms with Crippen LogP contribution in [0.1, 0.15) is 11.3 Å². The molecule has 2 aromatic rings. The summed E-state index contributed by atoms with van der Waals surface area (Å²) in [7, 11) is -3.25. The van der Waals surface area contributed by atoms with Gasteiger partial charge in [-0.1, -0.05) is 0 Å². The van der Waals surface area contributed by atoms with Gasteiger partial charge < -0.3 is 9.73 Å². The molecule has 0 aliphatic heterocycles. The van der Waals surface area contributed by atoms with E-state index in [1.165, 1.54) is 0 Å². The maximum absolute atomic E-state index is 11.2. The highest BCUT2D eigenvalue weighted by Gasteiger charge is 2.06. The fourth-order valence-electron chi connectivity index (χ4n) is 1.72. The fourth-order valence-corrected chi connectivity index (χ4v) is 2.81. The molecule has 0 radical (unpaired) electrons. The Balaban J connectivity index is 2.05. The Labute approximate surface area is 131 Å². The van der Waals surface area contributed by atoms with Crippen molar-refractivity contribution >= 4 is 44.0 Å². The lowest BCUT2D eigenvalue weighted by Gasteiger charge is -2.10. The number of nitrogens with one attached hydrogen (secondary N) is 2. The molecule has 7 heteroatoms. The predicted octanol–water partition coefficient (Wildman–Crippen LogP) is 3.18. The van der Waals surface area contributed by atoms with Crippen LogP contribution in [0.25, 0.3) is 0 Å². The summed E-state index contributed by atoms with van der Waals surface area (Å²) in [6, 6.07) is 9.28. The SMILES string of the molecule is Cc1cc(NCc2ccc(I)o2)ccc1NS(C)(=O)=O. The van der Waals surface area contributed by atoms with E-state index in [0.717, 1.165) is 27.0 Å². The average Bonchev–Trinajstić information content (AvgIpc) is 2.74. The number of hydrogen-bond donors (Lipinski definition) is 2. The van der Waals surface area contributed by atoms with Gasteiger partial charge >= 0.3 is 0 Å². The van der Waals surface area contributed by atoms with Crippen molar-refractivity contribution in [2.75, 3.05) is 16.3 Å². The van der Waals surface area contributed by atoms with Crippen LogP contribution in [0.4, 0.5) is 11.4 Å².